The number of aromatic nitrogens is 4. The third-order valence-electron chi connectivity index (χ3n) is 17.2. The fraction of sp³-hybridized carbons (Fsp3) is 0.314. The number of pyridine rings is 1. The van der Waals surface area contributed by atoms with Crippen molar-refractivity contribution in [3.63, 3.8) is 0 Å². The van der Waals surface area contributed by atoms with Gasteiger partial charge in [0.1, 0.15) is 5.82 Å². The Kier molecular flexibility index (Phi) is 12.8. The average Bonchev–Trinajstić information content (AvgIpc) is 3.92. The molecule has 0 radical (unpaired) electrons. The van der Waals surface area contributed by atoms with Crippen LogP contribution in [0.25, 0.3) is 72.3 Å². The Morgan fingerprint density at radius 1 is 0.539 bits per heavy atom. The molecule has 5 nitrogen and oxygen atoms in total. The SMILES string of the molecule is CC(C)(C)c1ccnc(-n2c3[c-]c(Oc4[c-]c(-n5[c-][n+](-c6c(-c7ccc8c(c7)C(C)(C)CCCC8(C)C)cccc6-c6ccc7c(c6)C(C)(C)CCCC7(C)C)c6ccccc65)ccc4)ccc3c3ccccc32)c1.[Pt]. The fourth-order valence-corrected chi connectivity index (χ4v) is 12.8. The number of ether oxygens (including phenoxy) is 1. The summed E-state index contributed by atoms with van der Waals surface area (Å²) < 4.78 is 13.4. The summed E-state index contributed by atoms with van der Waals surface area (Å²) in [4.78, 5) is 4.90. The summed E-state index contributed by atoms with van der Waals surface area (Å²) in [5.41, 5.74) is 18.1. The van der Waals surface area contributed by atoms with Crippen LogP contribution in [0.2, 0.25) is 0 Å². The summed E-state index contributed by atoms with van der Waals surface area (Å²) in [7, 11) is 0. The predicted octanol–water partition coefficient (Wildman–Crippen LogP) is 17.7. The van der Waals surface area contributed by atoms with Crippen LogP contribution in [0, 0.1) is 18.5 Å². The van der Waals surface area contributed by atoms with E-state index in [4.69, 9.17) is 9.72 Å². The van der Waals surface area contributed by atoms with Crippen molar-refractivity contribution in [3.05, 3.63) is 198 Å². The summed E-state index contributed by atoms with van der Waals surface area (Å²) >= 11 is 0. The third kappa shape index (κ3) is 8.95. The van der Waals surface area contributed by atoms with Crippen LogP contribution in [0.5, 0.6) is 11.5 Å². The monoisotopic (exact) mass is 1180 g/mol. The van der Waals surface area contributed by atoms with Crippen LogP contribution in [0.15, 0.2) is 152 Å². The first kappa shape index (κ1) is 51.5. The van der Waals surface area contributed by atoms with Gasteiger partial charge in [-0.2, -0.15) is 18.2 Å². The van der Waals surface area contributed by atoms with E-state index in [1.165, 1.54) is 75.8 Å². The molecule has 2 aliphatic carbocycles. The normalized spacial score (nSPS) is 16.6. The van der Waals surface area contributed by atoms with Gasteiger partial charge in [-0.3, -0.25) is 4.57 Å². The minimum Gasteiger partial charge on any atom is -0.510 e. The Morgan fingerprint density at radius 2 is 1.11 bits per heavy atom. The van der Waals surface area contributed by atoms with Gasteiger partial charge >= 0.3 is 0 Å². The van der Waals surface area contributed by atoms with Crippen molar-refractivity contribution < 1.29 is 30.4 Å². The minimum absolute atomic E-state index is 0. The van der Waals surface area contributed by atoms with Crippen LogP contribution < -0.4 is 9.30 Å². The summed E-state index contributed by atoms with van der Waals surface area (Å²) in [6, 6.07) is 60.7. The minimum atomic E-state index is -0.0330. The molecule has 76 heavy (non-hydrogen) atoms. The van der Waals surface area contributed by atoms with E-state index in [1.54, 1.807) is 0 Å². The van der Waals surface area contributed by atoms with Crippen molar-refractivity contribution in [1.29, 1.82) is 0 Å². The Balaban J connectivity index is 0.00000616. The van der Waals surface area contributed by atoms with Crippen LogP contribution in [-0.2, 0) is 48.1 Å². The van der Waals surface area contributed by atoms with E-state index >= 15 is 0 Å². The topological polar surface area (TPSA) is 35.9 Å². The number of imidazole rings is 1. The zero-order valence-corrected chi connectivity index (χ0v) is 48.5. The first-order valence-corrected chi connectivity index (χ1v) is 27.3. The van der Waals surface area contributed by atoms with Crippen LogP contribution in [0.4, 0.5) is 0 Å². The van der Waals surface area contributed by atoms with Gasteiger partial charge in [0.05, 0.1) is 16.7 Å². The van der Waals surface area contributed by atoms with Crippen molar-refractivity contribution in [3.8, 4) is 50.9 Å². The van der Waals surface area contributed by atoms with Gasteiger partial charge in [-0.25, -0.2) is 4.98 Å². The summed E-state index contributed by atoms with van der Waals surface area (Å²) in [5, 5.41) is 2.23. The first-order chi connectivity index (χ1) is 35.8. The molecule has 12 rings (SSSR count). The number of hydrogen-bond acceptors (Lipinski definition) is 2. The quantitative estimate of drug-likeness (QED) is 0.0906. The standard InChI is InChI=1S/C70H70N4O.Pt/c1-66(2,3)48-34-39-71-64(42-48)74-60-25-13-12-22-54(60)55-31-30-51(44-63(55)74)75-50-21-16-20-49(43-50)72-45-73(62-27-15-14-26-61(62)72)65-52(46-28-32-56-58(40-46)69(8,9)37-18-35-67(56,4)5)23-17-24-53(65)47-29-33-57-59(41-47)70(10,11)38-19-36-68(57,6)7;/h12-17,20-34,39-42H,18-19,35-38H2,1-11H3;/q-2;. The molecule has 6 heteroatoms. The molecule has 2 aliphatic rings. The van der Waals surface area contributed by atoms with Crippen molar-refractivity contribution in [1.82, 2.24) is 14.1 Å². The predicted molar refractivity (Wildman–Crippen MR) is 309 cm³/mol. The molecule has 0 N–H and O–H groups in total. The smallest absolute Gasteiger partial charge is 0.268 e. The van der Waals surface area contributed by atoms with E-state index in [2.05, 4.69) is 236 Å². The van der Waals surface area contributed by atoms with Crippen LogP contribution >= 0.6 is 0 Å². The van der Waals surface area contributed by atoms with Crippen molar-refractivity contribution in [2.45, 2.75) is 142 Å². The van der Waals surface area contributed by atoms with Gasteiger partial charge in [-0.05, 0) is 132 Å². The van der Waals surface area contributed by atoms with E-state index in [1.807, 2.05) is 24.4 Å². The zero-order chi connectivity index (χ0) is 52.2. The van der Waals surface area contributed by atoms with Crippen molar-refractivity contribution in [2.75, 3.05) is 0 Å². The van der Waals surface area contributed by atoms with E-state index < -0.39 is 0 Å². The van der Waals surface area contributed by atoms with Gasteiger partial charge in [0.2, 0.25) is 0 Å². The molecular formula is C70H70N4OPt-2. The second-order valence-electron chi connectivity index (χ2n) is 25.3. The van der Waals surface area contributed by atoms with Gasteiger partial charge in [0, 0.05) is 44.3 Å². The maximum atomic E-state index is 6.76. The van der Waals surface area contributed by atoms with Gasteiger partial charge in [-0.15, -0.1) is 29.7 Å². The van der Waals surface area contributed by atoms with E-state index in [9.17, 15) is 0 Å². The number of para-hydroxylation sites is 4. The molecule has 3 aromatic heterocycles. The van der Waals surface area contributed by atoms with Crippen molar-refractivity contribution >= 4 is 32.8 Å². The van der Waals surface area contributed by atoms with Crippen molar-refractivity contribution in [2.24, 2.45) is 0 Å². The molecule has 0 amide bonds. The molecule has 3 heterocycles. The molecular weight excluding hydrogens is 1110 g/mol. The Hall–Kier alpha value is -6.55. The maximum absolute atomic E-state index is 6.76. The Labute approximate surface area is 465 Å². The van der Waals surface area contributed by atoms with E-state index in [0.29, 0.717) is 11.5 Å². The molecule has 0 bridgehead atoms. The van der Waals surface area contributed by atoms with E-state index in [-0.39, 0.29) is 48.1 Å². The maximum Gasteiger partial charge on any atom is 0.268 e. The van der Waals surface area contributed by atoms with Gasteiger partial charge in [0.25, 0.3) is 6.33 Å². The third-order valence-corrected chi connectivity index (χ3v) is 17.2. The molecule has 10 aromatic rings. The molecule has 7 aromatic carbocycles. The average molecular weight is 1180 g/mol. The fourth-order valence-electron chi connectivity index (χ4n) is 12.8. The molecule has 0 fully saturated rings. The Bertz CT molecular complexity index is 3780. The molecule has 0 saturated carbocycles. The summed E-state index contributed by atoms with van der Waals surface area (Å²) in [6.45, 7) is 26.2. The summed E-state index contributed by atoms with van der Waals surface area (Å²) in [5.74, 6) is 2.04. The zero-order valence-electron chi connectivity index (χ0n) is 46.2. The number of nitrogens with zero attached hydrogens (tertiary/aromatic N) is 4. The van der Waals surface area contributed by atoms with Crippen LogP contribution in [0.1, 0.15) is 143 Å². The second-order valence-corrected chi connectivity index (χ2v) is 25.3. The molecule has 388 valence electrons. The Morgan fingerprint density at radius 3 is 1.74 bits per heavy atom. The molecule has 0 aliphatic heterocycles. The summed E-state index contributed by atoms with van der Waals surface area (Å²) in [6.07, 6.45) is 13.0. The number of rotatable bonds is 7. The van der Waals surface area contributed by atoms with E-state index in [0.717, 1.165) is 62.9 Å². The first-order valence-electron chi connectivity index (χ1n) is 27.3. The molecule has 0 spiro atoms. The number of fused-ring (bicyclic) bond motifs is 6. The largest absolute Gasteiger partial charge is 0.510 e. The second kappa shape index (κ2) is 18.9. The van der Waals surface area contributed by atoms with Crippen LogP contribution in [-0.4, -0.2) is 14.1 Å². The van der Waals surface area contributed by atoms with Gasteiger partial charge in [-0.1, -0.05) is 192 Å². The molecule has 0 unspecified atom stereocenters. The van der Waals surface area contributed by atoms with Crippen LogP contribution in [0.3, 0.4) is 0 Å². The van der Waals surface area contributed by atoms with Gasteiger partial charge < -0.3 is 13.9 Å². The van der Waals surface area contributed by atoms with Gasteiger partial charge in [0.15, 0.2) is 0 Å². The molecule has 0 saturated heterocycles. The number of hydrogen-bond donors (Lipinski definition) is 0. The number of benzene rings is 7. The molecule has 0 atom stereocenters.